The summed E-state index contributed by atoms with van der Waals surface area (Å²) in [6.45, 7) is 0. The van der Waals surface area contributed by atoms with Crippen LogP contribution in [-0.4, -0.2) is 17.3 Å². The number of hydrogen-bond donors (Lipinski definition) is 2. The Morgan fingerprint density at radius 2 is 1.35 bits per heavy atom. The molecule has 130 valence electrons. The smallest absolute Gasteiger partial charge is 0.336 e. The van der Waals surface area contributed by atoms with Crippen LogP contribution in [0, 0.1) is 0 Å². The second-order valence-corrected chi connectivity index (χ2v) is 5.61. The first kappa shape index (κ1) is 15.8. The SMILES string of the molecule is COc1c(O)cc2ccc(=O)oc2c1-c1c(O)ccc2ccc(=O)oc12. The topological polar surface area (TPSA) is 110 Å². The van der Waals surface area contributed by atoms with Crippen LogP contribution in [0.2, 0.25) is 0 Å². The van der Waals surface area contributed by atoms with E-state index in [1.807, 2.05) is 0 Å². The molecule has 4 rings (SSSR count). The van der Waals surface area contributed by atoms with Crippen molar-refractivity contribution in [1.82, 2.24) is 0 Å². The number of methoxy groups -OCH3 is 1. The number of hydrogen-bond acceptors (Lipinski definition) is 7. The minimum Gasteiger partial charge on any atom is -0.507 e. The third-order valence-corrected chi connectivity index (χ3v) is 4.06. The highest BCUT2D eigenvalue weighted by molar-refractivity contribution is 6.06. The Bertz CT molecular complexity index is 1280. The summed E-state index contributed by atoms with van der Waals surface area (Å²) in [6, 6.07) is 9.83. The molecule has 26 heavy (non-hydrogen) atoms. The van der Waals surface area contributed by atoms with Crippen molar-refractivity contribution in [2.45, 2.75) is 0 Å². The molecule has 0 fully saturated rings. The maximum atomic E-state index is 11.7. The van der Waals surface area contributed by atoms with E-state index < -0.39 is 11.3 Å². The van der Waals surface area contributed by atoms with Crippen LogP contribution in [0.1, 0.15) is 0 Å². The van der Waals surface area contributed by atoms with Crippen LogP contribution < -0.4 is 16.0 Å². The third kappa shape index (κ3) is 2.29. The molecular weight excluding hydrogens is 340 g/mol. The van der Waals surface area contributed by atoms with E-state index in [1.54, 1.807) is 6.07 Å². The highest BCUT2D eigenvalue weighted by Gasteiger charge is 2.24. The van der Waals surface area contributed by atoms with Gasteiger partial charge in [-0.3, -0.25) is 0 Å². The van der Waals surface area contributed by atoms with Crippen LogP contribution in [0.25, 0.3) is 33.1 Å². The van der Waals surface area contributed by atoms with E-state index >= 15 is 0 Å². The first-order chi connectivity index (χ1) is 12.5. The fourth-order valence-electron chi connectivity index (χ4n) is 2.98. The van der Waals surface area contributed by atoms with Crippen molar-refractivity contribution in [3.63, 3.8) is 0 Å². The molecule has 2 aromatic carbocycles. The number of phenolic OH excluding ortho intramolecular Hbond substituents is 2. The largest absolute Gasteiger partial charge is 0.507 e. The van der Waals surface area contributed by atoms with Crippen molar-refractivity contribution >= 4 is 21.9 Å². The van der Waals surface area contributed by atoms with Crippen LogP contribution in [0.5, 0.6) is 17.2 Å². The van der Waals surface area contributed by atoms with Crippen LogP contribution in [0.15, 0.2) is 60.9 Å². The van der Waals surface area contributed by atoms with Crippen LogP contribution in [-0.2, 0) is 0 Å². The van der Waals surface area contributed by atoms with E-state index in [4.69, 9.17) is 13.6 Å². The highest BCUT2D eigenvalue weighted by atomic mass is 16.5. The van der Waals surface area contributed by atoms with Gasteiger partial charge in [0.25, 0.3) is 0 Å². The van der Waals surface area contributed by atoms with Gasteiger partial charge in [-0.1, -0.05) is 0 Å². The first-order valence-corrected chi connectivity index (χ1v) is 7.59. The molecule has 2 aromatic heterocycles. The Labute approximate surface area is 145 Å². The van der Waals surface area contributed by atoms with Gasteiger partial charge < -0.3 is 23.8 Å². The lowest BCUT2D eigenvalue weighted by Crippen LogP contribution is -2.00. The molecule has 0 spiro atoms. The summed E-state index contributed by atoms with van der Waals surface area (Å²) in [6.07, 6.45) is 0. The zero-order valence-electron chi connectivity index (χ0n) is 13.5. The fourth-order valence-corrected chi connectivity index (χ4v) is 2.98. The molecule has 4 aromatic rings. The van der Waals surface area contributed by atoms with E-state index in [1.165, 1.54) is 43.5 Å². The van der Waals surface area contributed by atoms with Crippen LogP contribution in [0.4, 0.5) is 0 Å². The Hall–Kier alpha value is -3.74. The van der Waals surface area contributed by atoms with Gasteiger partial charge in [-0.25, -0.2) is 9.59 Å². The number of aromatic hydroxyl groups is 2. The van der Waals surface area contributed by atoms with Gasteiger partial charge in [-0.15, -0.1) is 0 Å². The summed E-state index contributed by atoms with van der Waals surface area (Å²) in [7, 11) is 1.32. The van der Waals surface area contributed by atoms with Crippen molar-refractivity contribution in [1.29, 1.82) is 0 Å². The molecule has 0 saturated heterocycles. The molecule has 0 atom stereocenters. The van der Waals surface area contributed by atoms with E-state index in [-0.39, 0.29) is 39.5 Å². The lowest BCUT2D eigenvalue weighted by atomic mass is 9.98. The van der Waals surface area contributed by atoms with E-state index in [0.29, 0.717) is 10.8 Å². The first-order valence-electron chi connectivity index (χ1n) is 7.59. The normalized spacial score (nSPS) is 11.1. The molecule has 2 heterocycles. The van der Waals surface area contributed by atoms with Gasteiger partial charge in [-0.05, 0) is 30.3 Å². The van der Waals surface area contributed by atoms with Crippen molar-refractivity contribution < 1.29 is 23.8 Å². The number of rotatable bonds is 2. The zero-order chi connectivity index (χ0) is 18.4. The minimum atomic E-state index is -0.618. The zero-order valence-corrected chi connectivity index (χ0v) is 13.5. The third-order valence-electron chi connectivity index (χ3n) is 4.06. The van der Waals surface area contributed by atoms with Crippen molar-refractivity contribution in [2.24, 2.45) is 0 Å². The monoisotopic (exact) mass is 352 g/mol. The molecule has 0 aliphatic carbocycles. The van der Waals surface area contributed by atoms with Crippen molar-refractivity contribution in [3.05, 3.63) is 63.3 Å². The molecule has 0 radical (unpaired) electrons. The van der Waals surface area contributed by atoms with Crippen LogP contribution >= 0.6 is 0 Å². The van der Waals surface area contributed by atoms with Crippen molar-refractivity contribution in [3.8, 4) is 28.4 Å². The lowest BCUT2D eigenvalue weighted by molar-refractivity contribution is 0.374. The number of fused-ring (bicyclic) bond motifs is 2. The summed E-state index contributed by atoms with van der Waals surface area (Å²) in [4.78, 5) is 23.5. The molecule has 0 amide bonds. The molecule has 7 nitrogen and oxygen atoms in total. The maximum Gasteiger partial charge on any atom is 0.336 e. The Morgan fingerprint density at radius 3 is 2.00 bits per heavy atom. The summed E-state index contributed by atoms with van der Waals surface area (Å²) in [5, 5.41) is 21.7. The number of benzene rings is 2. The standard InChI is InChI=1S/C19H12O7/c1-24-19-12(21)8-10-4-7-14(23)26-18(10)16(19)15-11(20)5-2-9-3-6-13(22)25-17(9)15/h2-8,20-21H,1H3. The van der Waals surface area contributed by atoms with E-state index in [0.717, 1.165) is 0 Å². The molecule has 0 bridgehead atoms. The minimum absolute atomic E-state index is 0.0267. The summed E-state index contributed by atoms with van der Waals surface area (Å²) in [5.41, 5.74) is -0.887. The molecule has 0 aliphatic heterocycles. The maximum absolute atomic E-state index is 11.7. The fraction of sp³-hybridized carbons (Fsp3) is 0.0526. The number of ether oxygens (including phenoxy) is 1. The summed E-state index contributed by atoms with van der Waals surface area (Å²) in [5.74, 6) is -0.483. The average molecular weight is 352 g/mol. The second-order valence-electron chi connectivity index (χ2n) is 5.61. The van der Waals surface area contributed by atoms with Crippen LogP contribution in [0.3, 0.4) is 0 Å². The highest BCUT2D eigenvalue weighted by Crippen LogP contribution is 2.48. The number of phenols is 2. The predicted molar refractivity (Wildman–Crippen MR) is 93.8 cm³/mol. The van der Waals surface area contributed by atoms with Gasteiger partial charge in [0.15, 0.2) is 17.1 Å². The molecule has 7 heteroatoms. The van der Waals surface area contributed by atoms with Gasteiger partial charge in [-0.2, -0.15) is 0 Å². The molecule has 2 N–H and O–H groups in total. The average Bonchev–Trinajstić information content (AvgIpc) is 2.61. The van der Waals surface area contributed by atoms with E-state index in [9.17, 15) is 19.8 Å². The van der Waals surface area contributed by atoms with Gasteiger partial charge >= 0.3 is 11.3 Å². The molecule has 0 unspecified atom stereocenters. The Kier molecular flexibility index (Phi) is 3.43. The van der Waals surface area contributed by atoms with Crippen molar-refractivity contribution in [2.75, 3.05) is 7.11 Å². The van der Waals surface area contributed by atoms with Gasteiger partial charge in [0, 0.05) is 22.9 Å². The van der Waals surface area contributed by atoms with Gasteiger partial charge in [0.2, 0.25) is 0 Å². The van der Waals surface area contributed by atoms with Gasteiger partial charge in [0.05, 0.1) is 18.2 Å². The van der Waals surface area contributed by atoms with E-state index in [2.05, 4.69) is 0 Å². The second kappa shape index (κ2) is 5.66. The lowest BCUT2D eigenvalue weighted by Gasteiger charge is -2.15. The quantitative estimate of drug-likeness (QED) is 0.534. The summed E-state index contributed by atoms with van der Waals surface area (Å²) < 4.78 is 15.8. The Balaban J connectivity index is 2.29. The molecular formula is C19H12O7. The molecule has 0 aliphatic rings. The molecule has 0 saturated carbocycles. The summed E-state index contributed by atoms with van der Waals surface area (Å²) >= 11 is 0. The van der Waals surface area contributed by atoms with Gasteiger partial charge in [0.1, 0.15) is 11.3 Å². The predicted octanol–water partition coefficient (Wildman–Crippen LogP) is 2.99. The Morgan fingerprint density at radius 1 is 0.769 bits per heavy atom.